The highest BCUT2D eigenvalue weighted by Crippen LogP contribution is 2.34. The van der Waals surface area contributed by atoms with Crippen LogP contribution in [-0.4, -0.2) is 40.1 Å². The number of amides is 1. The van der Waals surface area contributed by atoms with E-state index >= 15 is 0 Å². The fraction of sp³-hybridized carbons (Fsp3) is 0.333. The normalized spacial score (nSPS) is 18.7. The van der Waals surface area contributed by atoms with Crippen molar-refractivity contribution < 1.29 is 26.4 Å². The highest BCUT2D eigenvalue weighted by molar-refractivity contribution is 7.94. The Morgan fingerprint density at radius 2 is 2.00 bits per heavy atom. The maximum atomic E-state index is 13.0. The van der Waals surface area contributed by atoms with Gasteiger partial charge in [-0.1, -0.05) is 6.92 Å². The minimum atomic E-state index is -4.14. The Kier molecular flexibility index (Phi) is 5.54. The fourth-order valence-electron chi connectivity index (χ4n) is 3.01. The first kappa shape index (κ1) is 21.1. The number of nitrogens with one attached hydrogen (secondary N) is 1. The maximum absolute atomic E-state index is 13.0. The second kappa shape index (κ2) is 7.64. The molecule has 1 saturated heterocycles. The molecule has 11 heteroatoms. The molecule has 29 heavy (non-hydrogen) atoms. The Morgan fingerprint density at radius 1 is 1.28 bits per heavy atom. The van der Waals surface area contributed by atoms with E-state index in [0.717, 1.165) is 6.07 Å². The van der Waals surface area contributed by atoms with E-state index in [1.54, 1.807) is 19.9 Å². The quantitative estimate of drug-likeness (QED) is 0.729. The molecule has 1 N–H and O–H groups in total. The van der Waals surface area contributed by atoms with Crippen LogP contribution in [0.3, 0.4) is 0 Å². The number of carbonyl (C=O) groups excluding carboxylic acids is 1. The zero-order valence-corrected chi connectivity index (χ0v) is 17.7. The molecule has 1 aromatic carbocycles. The maximum Gasteiger partial charge on any atom is 0.265 e. The number of nitrogens with zero attached hydrogens (tertiary/aromatic N) is 2. The Morgan fingerprint density at radius 3 is 2.59 bits per heavy atom. The van der Waals surface area contributed by atoms with Gasteiger partial charge in [0.1, 0.15) is 10.6 Å². The molecule has 1 aliphatic heterocycles. The molecule has 1 atom stereocenters. The molecular formula is C18H21N3O6S2. The van der Waals surface area contributed by atoms with Crippen molar-refractivity contribution in [1.29, 1.82) is 0 Å². The van der Waals surface area contributed by atoms with Gasteiger partial charge < -0.3 is 4.74 Å². The Balaban J connectivity index is 2.09. The van der Waals surface area contributed by atoms with Gasteiger partial charge in [-0.15, -0.1) is 0 Å². The van der Waals surface area contributed by atoms with Gasteiger partial charge in [-0.2, -0.15) is 0 Å². The van der Waals surface area contributed by atoms with Gasteiger partial charge in [-0.05, 0) is 44.2 Å². The van der Waals surface area contributed by atoms with E-state index in [4.69, 9.17) is 4.74 Å². The number of hydrogen-bond acceptors (Lipinski definition) is 7. The molecule has 1 amide bonds. The monoisotopic (exact) mass is 439 g/mol. The number of carbonyl (C=O) groups is 1. The first-order chi connectivity index (χ1) is 13.5. The molecule has 0 aliphatic carbocycles. The van der Waals surface area contributed by atoms with Crippen LogP contribution < -0.4 is 13.8 Å². The standard InChI is InChI=1S/C18H21N3O6S2/c1-4-27-16-6-5-15(21-18(22)12(2)11-28(21,23)24)10-17(16)29(25,26)20-14-7-8-19-13(3)9-14/h5-10,12H,4,11H2,1-3H3,(H,19,20). The summed E-state index contributed by atoms with van der Waals surface area (Å²) >= 11 is 0. The van der Waals surface area contributed by atoms with Crippen LogP contribution in [0.2, 0.25) is 0 Å². The second-order valence-electron chi connectivity index (χ2n) is 6.64. The van der Waals surface area contributed by atoms with Gasteiger partial charge in [-0.3, -0.25) is 14.5 Å². The molecule has 1 unspecified atom stereocenters. The van der Waals surface area contributed by atoms with E-state index in [-0.39, 0.29) is 28.7 Å². The van der Waals surface area contributed by atoms with Crippen LogP contribution >= 0.6 is 0 Å². The van der Waals surface area contributed by atoms with Crippen molar-refractivity contribution >= 4 is 37.3 Å². The summed E-state index contributed by atoms with van der Waals surface area (Å²) in [6.07, 6.45) is 1.46. The number of aryl methyl sites for hydroxylation is 1. The zero-order valence-electron chi connectivity index (χ0n) is 16.1. The summed E-state index contributed by atoms with van der Waals surface area (Å²) < 4.78 is 59.3. The molecule has 1 fully saturated rings. The van der Waals surface area contributed by atoms with Gasteiger partial charge >= 0.3 is 0 Å². The van der Waals surface area contributed by atoms with Crippen LogP contribution in [-0.2, 0) is 24.8 Å². The predicted octanol–water partition coefficient (Wildman–Crippen LogP) is 1.90. The molecule has 1 aromatic heterocycles. The van der Waals surface area contributed by atoms with E-state index in [2.05, 4.69) is 9.71 Å². The first-order valence-corrected chi connectivity index (χ1v) is 11.9. The summed E-state index contributed by atoms with van der Waals surface area (Å²) in [6, 6.07) is 6.88. The third-order valence-corrected chi connectivity index (χ3v) is 7.53. The molecule has 1 aliphatic rings. The molecule has 9 nitrogen and oxygen atoms in total. The third-order valence-electron chi connectivity index (χ3n) is 4.26. The smallest absolute Gasteiger partial charge is 0.265 e. The lowest BCUT2D eigenvalue weighted by Crippen LogP contribution is -2.30. The average Bonchev–Trinajstić information content (AvgIpc) is 2.82. The Bertz CT molecular complexity index is 1160. The van der Waals surface area contributed by atoms with Gasteiger partial charge in [0.05, 0.1) is 29.7 Å². The summed E-state index contributed by atoms with van der Waals surface area (Å²) in [4.78, 5) is 16.1. The Labute approximate surface area is 169 Å². The number of rotatable bonds is 6. The summed E-state index contributed by atoms with van der Waals surface area (Å²) in [5.74, 6) is -1.58. The highest BCUT2D eigenvalue weighted by Gasteiger charge is 2.42. The number of anilines is 2. The Hall–Kier alpha value is -2.66. The van der Waals surface area contributed by atoms with Crippen molar-refractivity contribution in [2.75, 3.05) is 21.4 Å². The number of hydrogen-bond donors (Lipinski definition) is 1. The molecule has 3 rings (SSSR count). The fourth-order valence-corrected chi connectivity index (χ4v) is 6.04. The number of aromatic nitrogens is 1. The number of benzene rings is 1. The zero-order chi connectivity index (χ0) is 21.4. The predicted molar refractivity (Wildman–Crippen MR) is 108 cm³/mol. The van der Waals surface area contributed by atoms with Gasteiger partial charge in [-0.25, -0.2) is 21.1 Å². The van der Waals surface area contributed by atoms with E-state index < -0.39 is 31.9 Å². The molecule has 0 bridgehead atoms. The topological polar surface area (TPSA) is 123 Å². The van der Waals surface area contributed by atoms with Crippen LogP contribution in [0.25, 0.3) is 0 Å². The van der Waals surface area contributed by atoms with Crippen LogP contribution in [0.4, 0.5) is 11.4 Å². The van der Waals surface area contributed by atoms with Crippen LogP contribution in [0.15, 0.2) is 41.4 Å². The first-order valence-electron chi connectivity index (χ1n) is 8.84. The number of ether oxygens (including phenoxy) is 1. The summed E-state index contributed by atoms with van der Waals surface area (Å²) in [5, 5.41) is 0. The van der Waals surface area contributed by atoms with Gasteiger partial charge in [0.25, 0.3) is 10.0 Å². The highest BCUT2D eigenvalue weighted by atomic mass is 32.2. The molecule has 156 valence electrons. The molecule has 2 aromatic rings. The second-order valence-corrected chi connectivity index (χ2v) is 10.2. The summed E-state index contributed by atoms with van der Waals surface area (Å²) in [7, 11) is -8.01. The van der Waals surface area contributed by atoms with E-state index in [9.17, 15) is 21.6 Å². The van der Waals surface area contributed by atoms with Crippen LogP contribution in [0, 0.1) is 12.8 Å². The van der Waals surface area contributed by atoms with Crippen molar-refractivity contribution in [3.63, 3.8) is 0 Å². The third kappa shape index (κ3) is 4.20. The molecule has 0 saturated carbocycles. The van der Waals surface area contributed by atoms with Crippen molar-refractivity contribution in [3.8, 4) is 5.75 Å². The molecule has 2 heterocycles. The van der Waals surface area contributed by atoms with Crippen molar-refractivity contribution in [3.05, 3.63) is 42.2 Å². The van der Waals surface area contributed by atoms with Crippen LogP contribution in [0.5, 0.6) is 5.75 Å². The summed E-state index contributed by atoms with van der Waals surface area (Å²) in [5.41, 5.74) is 0.865. The van der Waals surface area contributed by atoms with Gasteiger partial charge in [0, 0.05) is 11.9 Å². The largest absolute Gasteiger partial charge is 0.492 e. The van der Waals surface area contributed by atoms with E-state index in [1.807, 2.05) is 0 Å². The SMILES string of the molecule is CCOc1ccc(N2C(=O)C(C)CS2(=O)=O)cc1S(=O)(=O)Nc1ccnc(C)c1. The van der Waals surface area contributed by atoms with Crippen molar-refractivity contribution in [1.82, 2.24) is 4.98 Å². The molecular weight excluding hydrogens is 418 g/mol. The lowest BCUT2D eigenvalue weighted by Gasteiger charge is -2.19. The van der Waals surface area contributed by atoms with Gasteiger partial charge in [0.2, 0.25) is 15.9 Å². The van der Waals surface area contributed by atoms with E-state index in [1.165, 1.54) is 31.3 Å². The number of pyridine rings is 1. The van der Waals surface area contributed by atoms with Crippen molar-refractivity contribution in [2.45, 2.75) is 25.7 Å². The van der Waals surface area contributed by atoms with E-state index in [0.29, 0.717) is 15.7 Å². The van der Waals surface area contributed by atoms with Crippen molar-refractivity contribution in [2.24, 2.45) is 5.92 Å². The number of sulfonamides is 2. The minimum Gasteiger partial charge on any atom is -0.492 e. The van der Waals surface area contributed by atoms with Gasteiger partial charge in [0.15, 0.2) is 0 Å². The molecule has 0 spiro atoms. The van der Waals surface area contributed by atoms with Crippen LogP contribution in [0.1, 0.15) is 19.5 Å². The summed E-state index contributed by atoms with van der Waals surface area (Å²) in [6.45, 7) is 5.13. The average molecular weight is 440 g/mol. The minimum absolute atomic E-state index is 0.0471. The lowest BCUT2D eigenvalue weighted by molar-refractivity contribution is -0.119. The molecule has 0 radical (unpaired) electrons. The lowest BCUT2D eigenvalue weighted by atomic mass is 10.2.